The molecule has 1 unspecified atom stereocenters. The first-order chi connectivity index (χ1) is 6.65. The van der Waals surface area contributed by atoms with Crippen LogP contribution in [0.4, 0.5) is 0 Å². The van der Waals surface area contributed by atoms with Crippen LogP contribution in [0.25, 0.3) is 0 Å². The molecule has 0 aromatic carbocycles. The molecule has 1 saturated carbocycles. The molecule has 1 saturated heterocycles. The van der Waals surface area contributed by atoms with E-state index in [1.54, 1.807) is 0 Å². The van der Waals surface area contributed by atoms with Crippen molar-refractivity contribution >= 4 is 11.6 Å². The zero-order chi connectivity index (χ0) is 10.2. The first-order valence-electron chi connectivity index (χ1n) is 5.45. The molecule has 0 aromatic rings. The van der Waals surface area contributed by atoms with Crippen LogP contribution in [0.5, 0.6) is 0 Å². The summed E-state index contributed by atoms with van der Waals surface area (Å²) in [5.74, 6) is 0.386. The maximum absolute atomic E-state index is 11.8. The first-order valence-corrected chi connectivity index (χ1v) is 5.45. The van der Waals surface area contributed by atoms with E-state index in [9.17, 15) is 9.59 Å². The molecule has 1 aliphatic heterocycles. The van der Waals surface area contributed by atoms with E-state index >= 15 is 0 Å². The second kappa shape index (κ2) is 3.46. The zero-order valence-electron chi connectivity index (χ0n) is 8.64. The molecule has 0 bridgehead atoms. The molecule has 0 amide bonds. The summed E-state index contributed by atoms with van der Waals surface area (Å²) in [6.45, 7) is 2.92. The van der Waals surface area contributed by atoms with E-state index in [0.29, 0.717) is 18.9 Å². The molecular weight excluding hydrogens is 178 g/mol. The highest BCUT2D eigenvalue weighted by molar-refractivity contribution is 6.12. The monoisotopic (exact) mass is 195 g/mol. The number of nitrogens with one attached hydrogen (secondary N) is 1. The summed E-state index contributed by atoms with van der Waals surface area (Å²) in [6, 6.07) is 0.440. The highest BCUT2D eigenvalue weighted by Crippen LogP contribution is 2.40. The highest BCUT2D eigenvalue weighted by Gasteiger charge is 2.49. The van der Waals surface area contributed by atoms with Crippen LogP contribution >= 0.6 is 0 Å². The van der Waals surface area contributed by atoms with Crippen LogP contribution in [0.1, 0.15) is 39.0 Å². The molecule has 1 aliphatic carbocycles. The first kappa shape index (κ1) is 9.84. The van der Waals surface area contributed by atoms with Gasteiger partial charge < -0.3 is 5.32 Å². The van der Waals surface area contributed by atoms with Crippen molar-refractivity contribution in [3.63, 3.8) is 0 Å². The predicted molar refractivity (Wildman–Crippen MR) is 53.0 cm³/mol. The van der Waals surface area contributed by atoms with Crippen LogP contribution in [-0.4, -0.2) is 24.2 Å². The van der Waals surface area contributed by atoms with Gasteiger partial charge in [-0.1, -0.05) is 0 Å². The SMILES string of the molecule is CC1CCC2(CCN1)C(=O)CCC2=O. The van der Waals surface area contributed by atoms with E-state index < -0.39 is 5.41 Å². The second-order valence-electron chi connectivity index (χ2n) is 4.57. The van der Waals surface area contributed by atoms with Gasteiger partial charge in [0.05, 0.1) is 5.41 Å². The molecule has 1 heterocycles. The molecular formula is C11H17NO2. The quantitative estimate of drug-likeness (QED) is 0.588. The minimum Gasteiger partial charge on any atom is -0.314 e. The molecule has 0 radical (unpaired) electrons. The van der Waals surface area contributed by atoms with Gasteiger partial charge >= 0.3 is 0 Å². The molecule has 2 rings (SSSR count). The van der Waals surface area contributed by atoms with Crippen LogP contribution in [0.3, 0.4) is 0 Å². The van der Waals surface area contributed by atoms with Gasteiger partial charge in [0, 0.05) is 18.9 Å². The molecule has 2 fully saturated rings. The van der Waals surface area contributed by atoms with Crippen LogP contribution in [-0.2, 0) is 9.59 Å². The van der Waals surface area contributed by atoms with Gasteiger partial charge in [-0.15, -0.1) is 0 Å². The molecule has 1 spiro atoms. The van der Waals surface area contributed by atoms with Crippen molar-refractivity contribution in [3.05, 3.63) is 0 Å². The van der Waals surface area contributed by atoms with Gasteiger partial charge in [-0.25, -0.2) is 0 Å². The van der Waals surface area contributed by atoms with E-state index in [1.165, 1.54) is 0 Å². The van der Waals surface area contributed by atoms with Crippen molar-refractivity contribution in [1.82, 2.24) is 5.32 Å². The van der Waals surface area contributed by atoms with Gasteiger partial charge in [0.15, 0.2) is 0 Å². The molecule has 0 aromatic heterocycles. The number of hydrogen-bond donors (Lipinski definition) is 1. The smallest absolute Gasteiger partial charge is 0.146 e. The summed E-state index contributed by atoms with van der Waals surface area (Å²) in [4.78, 5) is 23.5. The van der Waals surface area contributed by atoms with Gasteiger partial charge in [-0.2, -0.15) is 0 Å². The third-order valence-corrected chi connectivity index (χ3v) is 3.70. The van der Waals surface area contributed by atoms with Crippen molar-refractivity contribution in [2.45, 2.75) is 45.1 Å². The Labute approximate surface area is 84.2 Å². The van der Waals surface area contributed by atoms with Crippen LogP contribution in [0.2, 0.25) is 0 Å². The third-order valence-electron chi connectivity index (χ3n) is 3.70. The lowest BCUT2D eigenvalue weighted by Crippen LogP contribution is -2.33. The van der Waals surface area contributed by atoms with Crippen LogP contribution < -0.4 is 5.32 Å². The Morgan fingerprint density at radius 1 is 1.21 bits per heavy atom. The lowest BCUT2D eigenvalue weighted by atomic mass is 9.77. The maximum atomic E-state index is 11.8. The molecule has 3 heteroatoms. The molecule has 1 atom stereocenters. The van der Waals surface area contributed by atoms with Gasteiger partial charge in [0.1, 0.15) is 11.6 Å². The van der Waals surface area contributed by atoms with Crippen LogP contribution in [0.15, 0.2) is 0 Å². The topological polar surface area (TPSA) is 46.2 Å². The fourth-order valence-electron chi connectivity index (χ4n) is 2.64. The second-order valence-corrected chi connectivity index (χ2v) is 4.57. The van der Waals surface area contributed by atoms with Gasteiger partial charge in [-0.05, 0) is 32.7 Å². The fourth-order valence-corrected chi connectivity index (χ4v) is 2.64. The summed E-state index contributed by atoms with van der Waals surface area (Å²) in [7, 11) is 0. The largest absolute Gasteiger partial charge is 0.314 e. The van der Waals surface area contributed by atoms with Gasteiger partial charge in [0.25, 0.3) is 0 Å². The number of carbonyl (C=O) groups is 2. The normalized spacial score (nSPS) is 32.2. The van der Waals surface area contributed by atoms with Crippen LogP contribution in [0, 0.1) is 5.41 Å². The minimum atomic E-state index is -0.586. The Balaban J connectivity index is 2.21. The summed E-state index contributed by atoms with van der Waals surface area (Å²) in [5.41, 5.74) is -0.586. The number of ketones is 2. The number of rotatable bonds is 0. The highest BCUT2D eigenvalue weighted by atomic mass is 16.2. The van der Waals surface area contributed by atoms with Gasteiger partial charge in [-0.3, -0.25) is 9.59 Å². The van der Waals surface area contributed by atoms with Crippen molar-refractivity contribution in [2.75, 3.05) is 6.54 Å². The van der Waals surface area contributed by atoms with E-state index in [4.69, 9.17) is 0 Å². The lowest BCUT2D eigenvalue weighted by Gasteiger charge is -2.22. The Kier molecular flexibility index (Phi) is 2.43. The molecule has 2 aliphatic rings. The van der Waals surface area contributed by atoms with Crippen molar-refractivity contribution in [3.8, 4) is 0 Å². The van der Waals surface area contributed by atoms with E-state index in [2.05, 4.69) is 12.2 Å². The Bertz CT molecular complexity index is 256. The Hall–Kier alpha value is -0.700. The maximum Gasteiger partial charge on any atom is 0.146 e. The summed E-state index contributed by atoms with van der Waals surface area (Å²) in [6.07, 6.45) is 3.38. The van der Waals surface area contributed by atoms with E-state index in [0.717, 1.165) is 25.8 Å². The fraction of sp³-hybridized carbons (Fsp3) is 0.818. The average molecular weight is 195 g/mol. The average Bonchev–Trinajstić information content (AvgIpc) is 2.39. The Morgan fingerprint density at radius 3 is 2.50 bits per heavy atom. The summed E-state index contributed by atoms with van der Waals surface area (Å²) >= 11 is 0. The van der Waals surface area contributed by atoms with Gasteiger partial charge in [0.2, 0.25) is 0 Å². The minimum absolute atomic E-state index is 0.193. The summed E-state index contributed by atoms with van der Waals surface area (Å²) < 4.78 is 0. The van der Waals surface area contributed by atoms with E-state index in [-0.39, 0.29) is 11.6 Å². The zero-order valence-corrected chi connectivity index (χ0v) is 8.64. The van der Waals surface area contributed by atoms with E-state index in [1.807, 2.05) is 0 Å². The van der Waals surface area contributed by atoms with Crippen molar-refractivity contribution in [1.29, 1.82) is 0 Å². The number of hydrogen-bond acceptors (Lipinski definition) is 3. The molecule has 1 N–H and O–H groups in total. The Morgan fingerprint density at radius 2 is 1.86 bits per heavy atom. The predicted octanol–water partition coefficient (Wildman–Crippen LogP) is 1.07. The molecule has 14 heavy (non-hydrogen) atoms. The molecule has 3 nitrogen and oxygen atoms in total. The standard InChI is InChI=1S/C11H17NO2/c1-8-4-5-11(6-7-12-8)9(13)2-3-10(11)14/h8,12H,2-7H2,1H3. The number of carbonyl (C=O) groups excluding carboxylic acids is 2. The lowest BCUT2D eigenvalue weighted by molar-refractivity contribution is -0.135. The third kappa shape index (κ3) is 1.40. The van der Waals surface area contributed by atoms with Crippen molar-refractivity contribution in [2.24, 2.45) is 5.41 Å². The van der Waals surface area contributed by atoms with Crippen molar-refractivity contribution < 1.29 is 9.59 Å². The molecule has 78 valence electrons. The summed E-state index contributed by atoms with van der Waals surface area (Å²) in [5, 5.41) is 3.33. The number of Topliss-reactive ketones (excluding diaryl/α,β-unsaturated/α-hetero) is 2.